The van der Waals surface area contributed by atoms with Crippen molar-refractivity contribution in [3.63, 3.8) is 0 Å². The molecule has 0 aromatic rings. The number of aliphatic carboxylic acids is 1. The number of hydrogen-bond acceptors (Lipinski definition) is 4. The first-order valence-corrected chi connectivity index (χ1v) is 20.3. The summed E-state index contributed by atoms with van der Waals surface area (Å²) in [6.07, 6.45) is 42.6. The summed E-state index contributed by atoms with van der Waals surface area (Å²) in [6, 6.07) is 0. The molecular weight excluding hydrogens is 558 g/mol. The van der Waals surface area contributed by atoms with Crippen LogP contribution in [-0.4, -0.2) is 59.0 Å². The van der Waals surface area contributed by atoms with E-state index in [4.69, 9.17) is 15.3 Å². The Kier molecular flexibility index (Phi) is 44.8. The number of nitrogens with zero attached hydrogens (tertiary/aromatic N) is 1. The van der Waals surface area contributed by atoms with Gasteiger partial charge in [0.25, 0.3) is 0 Å². The summed E-state index contributed by atoms with van der Waals surface area (Å²) in [5, 5.41) is 26.4. The minimum atomic E-state index is -0.650. The molecule has 3 N–H and O–H groups in total. The van der Waals surface area contributed by atoms with Crippen LogP contribution in [0.1, 0.15) is 219 Å². The predicted molar refractivity (Wildman–Crippen MR) is 197 cm³/mol. The molecule has 5 heteroatoms. The molecule has 5 nitrogen and oxygen atoms in total. The molecule has 0 aromatic carbocycles. The number of carboxylic acid groups (broad SMARTS) is 1. The molecule has 0 aliphatic rings. The highest BCUT2D eigenvalue weighted by molar-refractivity contribution is 5.66. The third-order valence-electron chi connectivity index (χ3n) is 9.15. The van der Waals surface area contributed by atoms with E-state index in [1.807, 2.05) is 0 Å². The second kappa shape index (κ2) is 43.4. The Morgan fingerprint density at radius 3 is 0.867 bits per heavy atom. The first kappa shape index (κ1) is 46.5. The zero-order valence-electron chi connectivity index (χ0n) is 30.9. The lowest BCUT2D eigenvalue weighted by atomic mass is 10.0. The summed E-state index contributed by atoms with van der Waals surface area (Å²) in [5.74, 6) is -0.650. The van der Waals surface area contributed by atoms with Crippen LogP contribution in [0.4, 0.5) is 0 Å². The molecule has 0 spiro atoms. The van der Waals surface area contributed by atoms with E-state index in [0.717, 1.165) is 19.4 Å². The lowest BCUT2D eigenvalue weighted by molar-refractivity contribution is -0.137. The monoisotopic (exact) mass is 642 g/mol. The van der Waals surface area contributed by atoms with Crippen LogP contribution in [0.15, 0.2) is 0 Å². The fourth-order valence-electron chi connectivity index (χ4n) is 6.15. The van der Waals surface area contributed by atoms with E-state index >= 15 is 0 Å². The van der Waals surface area contributed by atoms with E-state index in [0.29, 0.717) is 19.5 Å². The van der Waals surface area contributed by atoms with E-state index < -0.39 is 5.97 Å². The number of aliphatic hydroxyl groups is 2. The summed E-state index contributed by atoms with van der Waals surface area (Å²) < 4.78 is 0. The van der Waals surface area contributed by atoms with Gasteiger partial charge in [-0.05, 0) is 19.4 Å². The first-order valence-electron chi connectivity index (χ1n) is 20.3. The topological polar surface area (TPSA) is 81.0 Å². The van der Waals surface area contributed by atoms with Crippen LogP contribution in [0, 0.1) is 0 Å². The van der Waals surface area contributed by atoms with Gasteiger partial charge in [-0.15, -0.1) is 0 Å². The fourth-order valence-corrected chi connectivity index (χ4v) is 6.15. The molecule has 45 heavy (non-hydrogen) atoms. The molecule has 0 heterocycles. The Bertz CT molecular complexity index is 524. The highest BCUT2D eigenvalue weighted by Crippen LogP contribution is 2.15. The van der Waals surface area contributed by atoms with E-state index in [9.17, 15) is 4.79 Å². The second-order valence-corrected chi connectivity index (χ2v) is 13.7. The van der Waals surface area contributed by atoms with E-state index in [-0.39, 0.29) is 13.2 Å². The van der Waals surface area contributed by atoms with Gasteiger partial charge in [0, 0.05) is 19.5 Å². The molecule has 0 saturated heterocycles. The Morgan fingerprint density at radius 2 is 0.622 bits per heavy atom. The van der Waals surface area contributed by atoms with E-state index in [1.54, 1.807) is 0 Å². The number of aliphatic hydroxyl groups excluding tert-OH is 2. The third-order valence-corrected chi connectivity index (χ3v) is 9.15. The lowest BCUT2D eigenvalue weighted by Gasteiger charge is -2.19. The van der Waals surface area contributed by atoms with Gasteiger partial charge in [-0.2, -0.15) is 0 Å². The minimum Gasteiger partial charge on any atom is -0.481 e. The van der Waals surface area contributed by atoms with Crippen molar-refractivity contribution in [2.24, 2.45) is 0 Å². The standard InChI is InChI=1S/C24H48O2.C16H35NO2/c1-2-3-4-5-6-7-8-9-10-11-12-13-14-15-16-17-18-19-20-21-22-23-24(25)26;1-2-3-4-5-6-7-8-9-10-11-12-17(13-15-18)14-16-19/h2-23H2,1H3,(H,25,26);18-19H,2-16H2,1H3. The van der Waals surface area contributed by atoms with Crippen molar-refractivity contribution in [1.29, 1.82) is 0 Å². The number of carboxylic acids is 1. The van der Waals surface area contributed by atoms with E-state index in [2.05, 4.69) is 18.7 Å². The molecule has 272 valence electrons. The average molecular weight is 642 g/mol. The van der Waals surface area contributed by atoms with Crippen molar-refractivity contribution in [2.45, 2.75) is 219 Å². The Balaban J connectivity index is 0. The SMILES string of the molecule is CCCCCCCCCCCCCCCCCCCCCCCC(=O)O.CCCCCCCCCCCCN(CCO)CCO. The largest absolute Gasteiger partial charge is 0.481 e. The Hall–Kier alpha value is -0.650. The molecule has 0 saturated carbocycles. The number of rotatable bonds is 37. The lowest BCUT2D eigenvalue weighted by Crippen LogP contribution is -2.30. The molecule has 0 bridgehead atoms. The van der Waals surface area contributed by atoms with Crippen molar-refractivity contribution < 1.29 is 20.1 Å². The molecule has 0 aliphatic heterocycles. The maximum atomic E-state index is 10.4. The third kappa shape index (κ3) is 45.5. The summed E-state index contributed by atoms with van der Waals surface area (Å²) in [6.45, 7) is 7.33. The molecule has 0 rings (SSSR count). The normalized spacial score (nSPS) is 11.2. The molecule has 0 aromatic heterocycles. The summed E-state index contributed by atoms with van der Waals surface area (Å²) in [7, 11) is 0. The highest BCUT2D eigenvalue weighted by atomic mass is 16.4. The van der Waals surface area contributed by atoms with Crippen LogP contribution in [0.25, 0.3) is 0 Å². The summed E-state index contributed by atoms with van der Waals surface area (Å²) in [5.41, 5.74) is 0. The minimum absolute atomic E-state index is 0.192. The average Bonchev–Trinajstić information content (AvgIpc) is 3.03. The Labute approximate surface area is 282 Å². The van der Waals surface area contributed by atoms with Crippen LogP contribution >= 0.6 is 0 Å². The maximum absolute atomic E-state index is 10.4. The maximum Gasteiger partial charge on any atom is 0.303 e. The predicted octanol–water partition coefficient (Wildman–Crippen LogP) is 11.9. The van der Waals surface area contributed by atoms with Crippen molar-refractivity contribution in [2.75, 3.05) is 32.8 Å². The van der Waals surface area contributed by atoms with Crippen molar-refractivity contribution in [3.8, 4) is 0 Å². The smallest absolute Gasteiger partial charge is 0.303 e. The summed E-state index contributed by atoms with van der Waals surface area (Å²) in [4.78, 5) is 12.5. The van der Waals surface area contributed by atoms with Gasteiger partial charge in [0.15, 0.2) is 0 Å². The quantitative estimate of drug-likeness (QED) is 0.0588. The fraction of sp³-hybridized carbons (Fsp3) is 0.975. The van der Waals surface area contributed by atoms with Crippen molar-refractivity contribution in [3.05, 3.63) is 0 Å². The molecule has 0 aliphatic carbocycles. The Morgan fingerprint density at radius 1 is 0.378 bits per heavy atom. The first-order chi connectivity index (χ1) is 22.1. The summed E-state index contributed by atoms with van der Waals surface area (Å²) >= 11 is 0. The number of carbonyl (C=O) groups is 1. The van der Waals surface area contributed by atoms with Crippen molar-refractivity contribution >= 4 is 5.97 Å². The van der Waals surface area contributed by atoms with Gasteiger partial charge in [0.1, 0.15) is 0 Å². The van der Waals surface area contributed by atoms with Crippen LogP contribution in [0.5, 0.6) is 0 Å². The molecule has 0 atom stereocenters. The molecule has 0 amide bonds. The van der Waals surface area contributed by atoms with Gasteiger partial charge in [0.05, 0.1) is 13.2 Å². The van der Waals surface area contributed by atoms with E-state index in [1.165, 1.54) is 186 Å². The number of hydrogen-bond donors (Lipinski definition) is 3. The molecular formula is C40H83NO4. The molecule has 0 fully saturated rings. The van der Waals surface area contributed by atoms with Gasteiger partial charge >= 0.3 is 5.97 Å². The van der Waals surface area contributed by atoms with Gasteiger partial charge < -0.3 is 15.3 Å². The van der Waals surface area contributed by atoms with Gasteiger partial charge in [-0.1, -0.05) is 200 Å². The highest BCUT2D eigenvalue weighted by Gasteiger charge is 2.03. The van der Waals surface area contributed by atoms with Gasteiger partial charge in [-0.25, -0.2) is 0 Å². The second-order valence-electron chi connectivity index (χ2n) is 13.7. The molecule has 0 unspecified atom stereocenters. The van der Waals surface area contributed by atoms with Crippen LogP contribution in [-0.2, 0) is 4.79 Å². The zero-order chi connectivity index (χ0) is 33.3. The zero-order valence-corrected chi connectivity index (χ0v) is 30.9. The molecule has 0 radical (unpaired) electrons. The van der Waals surface area contributed by atoms with Crippen LogP contribution < -0.4 is 0 Å². The van der Waals surface area contributed by atoms with Crippen LogP contribution in [0.3, 0.4) is 0 Å². The van der Waals surface area contributed by atoms with Crippen LogP contribution in [0.2, 0.25) is 0 Å². The van der Waals surface area contributed by atoms with Crippen molar-refractivity contribution in [1.82, 2.24) is 4.90 Å². The number of unbranched alkanes of at least 4 members (excludes halogenated alkanes) is 29. The van der Waals surface area contributed by atoms with Gasteiger partial charge in [0.2, 0.25) is 0 Å². The van der Waals surface area contributed by atoms with Gasteiger partial charge in [-0.3, -0.25) is 9.69 Å².